The lowest BCUT2D eigenvalue weighted by Crippen LogP contribution is -2.65. The van der Waals surface area contributed by atoms with Crippen molar-refractivity contribution in [1.29, 1.82) is 5.26 Å². The van der Waals surface area contributed by atoms with Gasteiger partial charge in [-0.2, -0.15) is 5.26 Å². The summed E-state index contributed by atoms with van der Waals surface area (Å²) in [5, 5.41) is 18.0. The van der Waals surface area contributed by atoms with E-state index < -0.39 is 35.7 Å². The van der Waals surface area contributed by atoms with Gasteiger partial charge >= 0.3 is 0 Å². The fourth-order valence-electron chi connectivity index (χ4n) is 5.68. The number of anilines is 1. The number of halogens is 2. The number of carbonyl (C=O) groups is 3. The predicted octanol–water partition coefficient (Wildman–Crippen LogP) is 2.46. The van der Waals surface area contributed by atoms with Crippen LogP contribution in [0, 0.1) is 34.8 Å². The summed E-state index contributed by atoms with van der Waals surface area (Å²) in [6.45, 7) is 2.18. The van der Waals surface area contributed by atoms with Crippen molar-refractivity contribution in [2.45, 2.75) is 76.0 Å². The highest BCUT2D eigenvalue weighted by atomic mass is 19.1. The first-order chi connectivity index (χ1) is 16.8. The molecular formula is C25H31F2N5O3. The second kappa shape index (κ2) is 10.6. The Hall–Kier alpha value is -3.22. The number of nitrogens with one attached hydrogen (secondary N) is 3. The standard InChI is InChI=1S/C25H31F2N5O3/c1-14(30-21-12-17(26)6-9-20(21)27)25(35)32-19-7-4-15(5-8-19)22(32)24(34)31-18(13-28)11-16-3-2-10-29-23(16)33/h6,9,12,14-16,18-19,22,30H,2-5,7-8,10-11H2,1H3,(H,29,33)(H,31,34)/t14-,15?,16+,18?,19?,22-/m1/s1. The average molecular weight is 488 g/mol. The number of benzene rings is 1. The number of nitriles is 1. The van der Waals surface area contributed by atoms with Crippen molar-refractivity contribution in [3.05, 3.63) is 29.8 Å². The zero-order valence-electron chi connectivity index (χ0n) is 19.7. The van der Waals surface area contributed by atoms with Crippen LogP contribution < -0.4 is 16.0 Å². The van der Waals surface area contributed by atoms with E-state index >= 15 is 0 Å². The minimum atomic E-state index is -0.890. The third kappa shape index (κ3) is 5.39. The van der Waals surface area contributed by atoms with E-state index in [0.29, 0.717) is 13.0 Å². The van der Waals surface area contributed by atoms with Crippen molar-refractivity contribution < 1.29 is 23.2 Å². The van der Waals surface area contributed by atoms with Gasteiger partial charge in [-0.15, -0.1) is 0 Å². The Bertz CT molecular complexity index is 1020. The second-order valence-electron chi connectivity index (χ2n) is 9.81. The highest BCUT2D eigenvalue weighted by Gasteiger charge is 2.48. The topological polar surface area (TPSA) is 114 Å². The summed E-state index contributed by atoms with van der Waals surface area (Å²) in [6.07, 6.45) is 4.85. The van der Waals surface area contributed by atoms with Gasteiger partial charge in [0.2, 0.25) is 17.7 Å². The summed E-state index contributed by atoms with van der Waals surface area (Å²) in [7, 11) is 0. The zero-order chi connectivity index (χ0) is 25.1. The van der Waals surface area contributed by atoms with Gasteiger partial charge in [-0.1, -0.05) is 0 Å². The summed E-state index contributed by atoms with van der Waals surface area (Å²) < 4.78 is 27.7. The van der Waals surface area contributed by atoms with Gasteiger partial charge in [0, 0.05) is 18.5 Å². The highest BCUT2D eigenvalue weighted by Crippen LogP contribution is 2.40. The molecule has 8 nitrogen and oxygen atoms in total. The molecule has 3 saturated heterocycles. The van der Waals surface area contributed by atoms with E-state index in [1.165, 1.54) is 0 Å². The summed E-state index contributed by atoms with van der Waals surface area (Å²) >= 11 is 0. The number of nitrogens with zero attached hydrogens (tertiary/aromatic N) is 2. The van der Waals surface area contributed by atoms with Gasteiger partial charge in [-0.05, 0) is 76.0 Å². The first kappa shape index (κ1) is 24.9. The molecule has 3 N–H and O–H groups in total. The maximum absolute atomic E-state index is 14.1. The summed E-state index contributed by atoms with van der Waals surface area (Å²) in [6, 6.07) is 2.46. The molecule has 5 rings (SSSR count). The zero-order valence-corrected chi connectivity index (χ0v) is 19.7. The van der Waals surface area contributed by atoms with Gasteiger partial charge in [0.05, 0.1) is 11.8 Å². The molecule has 3 heterocycles. The summed E-state index contributed by atoms with van der Waals surface area (Å²) in [4.78, 5) is 40.5. The maximum atomic E-state index is 14.1. The number of rotatable bonds is 7. The molecule has 3 aliphatic heterocycles. The van der Waals surface area contributed by atoms with Gasteiger partial charge in [-0.25, -0.2) is 8.78 Å². The Morgan fingerprint density at radius 3 is 2.66 bits per heavy atom. The van der Waals surface area contributed by atoms with Crippen LogP contribution in [0.1, 0.15) is 51.9 Å². The molecule has 4 atom stereocenters. The molecule has 4 aliphatic rings. The van der Waals surface area contributed by atoms with Crippen LogP contribution in [0.2, 0.25) is 0 Å². The lowest BCUT2D eigenvalue weighted by molar-refractivity contribution is -0.154. The molecule has 35 heavy (non-hydrogen) atoms. The molecular weight excluding hydrogens is 456 g/mol. The highest BCUT2D eigenvalue weighted by molar-refractivity contribution is 5.92. The lowest BCUT2D eigenvalue weighted by atomic mass is 9.74. The number of fused-ring (bicyclic) bond motifs is 3. The number of carbonyl (C=O) groups excluding carboxylic acids is 3. The van der Waals surface area contributed by atoms with Crippen LogP contribution in [-0.2, 0) is 14.4 Å². The van der Waals surface area contributed by atoms with Gasteiger partial charge in [0.15, 0.2) is 0 Å². The molecule has 188 valence electrons. The van der Waals surface area contributed by atoms with Gasteiger partial charge in [-0.3, -0.25) is 14.4 Å². The Labute approximate surface area is 203 Å². The van der Waals surface area contributed by atoms with Crippen molar-refractivity contribution >= 4 is 23.4 Å². The van der Waals surface area contributed by atoms with Gasteiger partial charge < -0.3 is 20.9 Å². The molecule has 1 aromatic carbocycles. The van der Waals surface area contributed by atoms with Crippen molar-refractivity contribution in [3.8, 4) is 6.07 Å². The van der Waals surface area contributed by atoms with Crippen LogP contribution in [0.4, 0.5) is 14.5 Å². The van der Waals surface area contributed by atoms with Crippen LogP contribution in [0.5, 0.6) is 0 Å². The largest absolute Gasteiger partial charge is 0.371 e. The van der Waals surface area contributed by atoms with E-state index in [0.717, 1.165) is 50.3 Å². The van der Waals surface area contributed by atoms with Crippen LogP contribution >= 0.6 is 0 Å². The summed E-state index contributed by atoms with van der Waals surface area (Å²) in [5.41, 5.74) is -0.121. The minimum absolute atomic E-state index is 0.0422. The van der Waals surface area contributed by atoms with Crippen molar-refractivity contribution in [1.82, 2.24) is 15.5 Å². The van der Waals surface area contributed by atoms with Crippen LogP contribution in [-0.4, -0.2) is 53.3 Å². The average Bonchev–Trinajstić information content (AvgIpc) is 2.86. The lowest BCUT2D eigenvalue weighted by Gasteiger charge is -2.51. The molecule has 1 aromatic rings. The molecule has 3 amide bonds. The Balaban J connectivity index is 1.47. The Morgan fingerprint density at radius 2 is 1.97 bits per heavy atom. The van der Waals surface area contributed by atoms with E-state index in [9.17, 15) is 28.4 Å². The van der Waals surface area contributed by atoms with E-state index in [-0.39, 0.29) is 41.8 Å². The number of piperidine rings is 3. The number of amides is 3. The molecule has 4 fully saturated rings. The Morgan fingerprint density at radius 1 is 1.23 bits per heavy atom. The van der Waals surface area contributed by atoms with E-state index in [2.05, 4.69) is 22.0 Å². The second-order valence-corrected chi connectivity index (χ2v) is 9.81. The van der Waals surface area contributed by atoms with Gasteiger partial charge in [0.25, 0.3) is 0 Å². The fraction of sp³-hybridized carbons (Fsp3) is 0.600. The first-order valence-corrected chi connectivity index (χ1v) is 12.3. The molecule has 10 heteroatoms. The molecule has 1 saturated carbocycles. The SMILES string of the molecule is C[C@@H](Nc1cc(F)ccc1F)C(=O)N1C2CCC(CC2)[C@@H]1C(=O)NC(C#N)C[C@@H]1CCCNC1=O. The number of hydrogen-bond donors (Lipinski definition) is 3. The van der Waals surface area contributed by atoms with E-state index in [1.54, 1.807) is 11.8 Å². The van der Waals surface area contributed by atoms with E-state index in [1.807, 2.05) is 0 Å². The minimum Gasteiger partial charge on any atom is -0.371 e. The molecule has 1 aliphatic carbocycles. The van der Waals surface area contributed by atoms with Crippen molar-refractivity contribution in [2.24, 2.45) is 11.8 Å². The molecule has 0 aromatic heterocycles. The third-order valence-corrected chi connectivity index (χ3v) is 7.47. The number of hydrogen-bond acceptors (Lipinski definition) is 5. The van der Waals surface area contributed by atoms with Gasteiger partial charge in [0.1, 0.15) is 29.8 Å². The molecule has 0 spiro atoms. The molecule has 2 bridgehead atoms. The fourth-order valence-corrected chi connectivity index (χ4v) is 5.68. The van der Waals surface area contributed by atoms with Crippen molar-refractivity contribution in [2.75, 3.05) is 11.9 Å². The predicted molar refractivity (Wildman–Crippen MR) is 124 cm³/mol. The third-order valence-electron chi connectivity index (χ3n) is 7.47. The molecule has 1 unspecified atom stereocenters. The van der Waals surface area contributed by atoms with Crippen molar-refractivity contribution in [3.63, 3.8) is 0 Å². The molecule has 0 radical (unpaired) electrons. The van der Waals surface area contributed by atoms with Crippen LogP contribution in [0.15, 0.2) is 18.2 Å². The van der Waals surface area contributed by atoms with E-state index in [4.69, 9.17) is 0 Å². The van der Waals surface area contributed by atoms with Crippen LogP contribution in [0.3, 0.4) is 0 Å². The quantitative estimate of drug-likeness (QED) is 0.547. The monoisotopic (exact) mass is 487 g/mol. The van der Waals surface area contributed by atoms with Crippen LogP contribution in [0.25, 0.3) is 0 Å². The normalized spacial score (nSPS) is 27.4. The summed E-state index contributed by atoms with van der Waals surface area (Å²) in [5.74, 6) is -2.56. The maximum Gasteiger partial charge on any atom is 0.245 e. The Kier molecular flexibility index (Phi) is 7.53. The first-order valence-electron chi connectivity index (χ1n) is 12.3. The smallest absolute Gasteiger partial charge is 0.245 e.